The largest absolute Gasteiger partial charge is 0.457 e. The number of ether oxygens (including phenoxy) is 1. The molecule has 1 heterocycles. The van der Waals surface area contributed by atoms with Crippen molar-refractivity contribution in [2.45, 2.75) is 39.3 Å². The van der Waals surface area contributed by atoms with Gasteiger partial charge in [0, 0.05) is 5.70 Å². The Kier molecular flexibility index (Phi) is 5.60. The van der Waals surface area contributed by atoms with E-state index in [1.54, 1.807) is 6.92 Å². The highest BCUT2D eigenvalue weighted by Gasteiger charge is 2.32. The predicted molar refractivity (Wildman–Crippen MR) is 104 cm³/mol. The topological polar surface area (TPSA) is 67.4 Å². The Labute approximate surface area is 159 Å². The van der Waals surface area contributed by atoms with Crippen LogP contribution in [0.25, 0.3) is 0 Å². The third-order valence-electron chi connectivity index (χ3n) is 4.64. The lowest BCUT2D eigenvalue weighted by atomic mass is 9.93. The van der Waals surface area contributed by atoms with Crippen LogP contribution < -0.4 is 10.6 Å². The van der Waals surface area contributed by atoms with E-state index in [1.807, 2.05) is 54.6 Å². The third kappa shape index (κ3) is 4.37. The summed E-state index contributed by atoms with van der Waals surface area (Å²) in [7, 11) is 0. The quantitative estimate of drug-likeness (QED) is 0.782. The number of amides is 2. The van der Waals surface area contributed by atoms with E-state index in [9.17, 15) is 9.59 Å². The van der Waals surface area contributed by atoms with Gasteiger partial charge in [-0.05, 0) is 29.5 Å². The number of nitrogens with one attached hydrogen (secondary N) is 2. The summed E-state index contributed by atoms with van der Waals surface area (Å²) in [6.45, 7) is 6.15. The molecule has 0 aliphatic carbocycles. The number of rotatable bonds is 5. The van der Waals surface area contributed by atoms with Crippen LogP contribution in [-0.4, -0.2) is 12.0 Å². The Balaban J connectivity index is 1.84. The van der Waals surface area contributed by atoms with E-state index in [0.29, 0.717) is 17.2 Å². The monoisotopic (exact) mass is 364 g/mol. The van der Waals surface area contributed by atoms with Gasteiger partial charge in [-0.1, -0.05) is 68.4 Å². The average Bonchev–Trinajstić information content (AvgIpc) is 2.66. The fourth-order valence-electron chi connectivity index (χ4n) is 3.09. The first-order chi connectivity index (χ1) is 13.0. The molecule has 1 aliphatic heterocycles. The van der Waals surface area contributed by atoms with E-state index < -0.39 is 12.0 Å². The average molecular weight is 364 g/mol. The molecule has 0 fully saturated rings. The van der Waals surface area contributed by atoms with Crippen molar-refractivity contribution in [3.8, 4) is 0 Å². The highest BCUT2D eigenvalue weighted by molar-refractivity contribution is 5.95. The van der Waals surface area contributed by atoms with Crippen molar-refractivity contribution in [2.75, 3.05) is 0 Å². The predicted octanol–water partition coefficient (Wildman–Crippen LogP) is 4.18. The lowest BCUT2D eigenvalue weighted by molar-refractivity contribution is -0.140. The van der Waals surface area contributed by atoms with Crippen molar-refractivity contribution in [3.63, 3.8) is 0 Å². The molecule has 3 rings (SSSR count). The SMILES string of the molecule is CC1=C(C(=O)OCc2ccccc2)C(c2ccc(C(C)C)cc2)NC(=O)N1. The Morgan fingerprint density at radius 1 is 1.07 bits per heavy atom. The molecule has 0 saturated heterocycles. The number of allylic oxidation sites excluding steroid dienone is 1. The van der Waals surface area contributed by atoms with E-state index in [-0.39, 0.29) is 12.6 Å². The maximum Gasteiger partial charge on any atom is 0.338 e. The summed E-state index contributed by atoms with van der Waals surface area (Å²) in [6, 6.07) is 16.6. The summed E-state index contributed by atoms with van der Waals surface area (Å²) in [5.41, 5.74) is 3.89. The molecule has 1 aliphatic rings. The van der Waals surface area contributed by atoms with Crippen molar-refractivity contribution < 1.29 is 14.3 Å². The van der Waals surface area contributed by atoms with E-state index in [1.165, 1.54) is 5.56 Å². The van der Waals surface area contributed by atoms with Crippen molar-refractivity contribution >= 4 is 12.0 Å². The van der Waals surface area contributed by atoms with Gasteiger partial charge in [-0.25, -0.2) is 9.59 Å². The van der Waals surface area contributed by atoms with Gasteiger partial charge >= 0.3 is 12.0 Å². The zero-order valence-corrected chi connectivity index (χ0v) is 15.8. The summed E-state index contributed by atoms with van der Waals surface area (Å²) in [5.74, 6) is -0.0314. The molecule has 2 amide bonds. The number of benzene rings is 2. The lowest BCUT2D eigenvalue weighted by Gasteiger charge is -2.28. The van der Waals surface area contributed by atoms with Crippen molar-refractivity contribution in [1.82, 2.24) is 10.6 Å². The van der Waals surface area contributed by atoms with Crippen LogP contribution >= 0.6 is 0 Å². The van der Waals surface area contributed by atoms with Crippen LogP contribution in [0.2, 0.25) is 0 Å². The first-order valence-electron chi connectivity index (χ1n) is 9.05. The smallest absolute Gasteiger partial charge is 0.338 e. The molecule has 2 aromatic carbocycles. The van der Waals surface area contributed by atoms with Crippen molar-refractivity contribution in [3.05, 3.63) is 82.6 Å². The van der Waals surface area contributed by atoms with Gasteiger partial charge in [0.1, 0.15) is 6.61 Å². The van der Waals surface area contributed by atoms with Crippen molar-refractivity contribution in [1.29, 1.82) is 0 Å². The number of urea groups is 1. The molecular weight excluding hydrogens is 340 g/mol. The molecule has 2 N–H and O–H groups in total. The van der Waals surface area contributed by atoms with Gasteiger partial charge < -0.3 is 15.4 Å². The number of carbonyl (C=O) groups excluding carboxylic acids is 2. The Hall–Kier alpha value is -3.08. The molecular formula is C22H24N2O3. The first-order valence-corrected chi connectivity index (χ1v) is 9.05. The molecule has 0 spiro atoms. The standard InChI is InChI=1S/C22H24N2O3/c1-14(2)17-9-11-18(12-10-17)20-19(15(3)23-22(26)24-20)21(25)27-13-16-7-5-4-6-8-16/h4-12,14,20H,13H2,1-3H3,(H2,23,24,26). The zero-order valence-electron chi connectivity index (χ0n) is 15.8. The molecule has 5 heteroatoms. The summed E-state index contributed by atoms with van der Waals surface area (Å²) < 4.78 is 5.50. The van der Waals surface area contributed by atoms with Crippen LogP contribution in [0.4, 0.5) is 4.79 Å². The van der Waals surface area contributed by atoms with Gasteiger partial charge in [-0.3, -0.25) is 0 Å². The number of hydrogen-bond acceptors (Lipinski definition) is 3. The highest BCUT2D eigenvalue weighted by Crippen LogP contribution is 2.29. The molecule has 1 unspecified atom stereocenters. The van der Waals surface area contributed by atoms with Gasteiger partial charge in [0.25, 0.3) is 0 Å². The lowest BCUT2D eigenvalue weighted by Crippen LogP contribution is -2.45. The molecule has 0 radical (unpaired) electrons. The summed E-state index contributed by atoms with van der Waals surface area (Å²) in [4.78, 5) is 24.7. The first kappa shape index (κ1) is 18.7. The van der Waals surface area contributed by atoms with Gasteiger partial charge in [0.2, 0.25) is 0 Å². The van der Waals surface area contributed by atoms with Gasteiger partial charge in [-0.15, -0.1) is 0 Å². The maximum atomic E-state index is 12.8. The fourth-order valence-corrected chi connectivity index (χ4v) is 3.09. The van der Waals surface area contributed by atoms with E-state index >= 15 is 0 Å². The van der Waals surface area contributed by atoms with Crippen LogP contribution in [0, 0.1) is 0 Å². The van der Waals surface area contributed by atoms with E-state index in [2.05, 4.69) is 24.5 Å². The van der Waals surface area contributed by atoms with E-state index in [0.717, 1.165) is 11.1 Å². The fraction of sp³-hybridized carbons (Fsp3) is 0.273. The van der Waals surface area contributed by atoms with Gasteiger partial charge in [-0.2, -0.15) is 0 Å². The van der Waals surface area contributed by atoms with Crippen LogP contribution in [0.5, 0.6) is 0 Å². The van der Waals surface area contributed by atoms with Crippen LogP contribution in [0.15, 0.2) is 65.9 Å². The van der Waals surface area contributed by atoms with Gasteiger partial charge in [0.15, 0.2) is 0 Å². The van der Waals surface area contributed by atoms with Crippen LogP contribution in [0.3, 0.4) is 0 Å². The minimum absolute atomic E-state index is 0.184. The second-order valence-corrected chi connectivity index (χ2v) is 6.95. The summed E-state index contributed by atoms with van der Waals surface area (Å²) in [6.07, 6.45) is 0. The highest BCUT2D eigenvalue weighted by atomic mass is 16.5. The molecule has 140 valence electrons. The summed E-state index contributed by atoms with van der Waals surface area (Å²) >= 11 is 0. The second-order valence-electron chi connectivity index (χ2n) is 6.95. The summed E-state index contributed by atoms with van der Waals surface area (Å²) in [5, 5.41) is 5.50. The molecule has 0 bridgehead atoms. The maximum absolute atomic E-state index is 12.8. The van der Waals surface area contributed by atoms with Crippen molar-refractivity contribution in [2.24, 2.45) is 0 Å². The molecule has 1 atom stereocenters. The Morgan fingerprint density at radius 2 is 1.74 bits per heavy atom. The molecule has 0 aromatic heterocycles. The molecule has 2 aromatic rings. The second kappa shape index (κ2) is 8.08. The molecule has 5 nitrogen and oxygen atoms in total. The third-order valence-corrected chi connectivity index (χ3v) is 4.64. The van der Waals surface area contributed by atoms with E-state index in [4.69, 9.17) is 4.74 Å². The van der Waals surface area contributed by atoms with Crippen LogP contribution in [-0.2, 0) is 16.1 Å². The Bertz CT molecular complexity index is 855. The molecule has 27 heavy (non-hydrogen) atoms. The number of hydrogen-bond donors (Lipinski definition) is 2. The minimum Gasteiger partial charge on any atom is -0.457 e. The van der Waals surface area contributed by atoms with Crippen LogP contribution in [0.1, 0.15) is 49.4 Å². The normalized spacial score (nSPS) is 16.7. The Morgan fingerprint density at radius 3 is 2.37 bits per heavy atom. The zero-order chi connectivity index (χ0) is 19.4. The minimum atomic E-state index is -0.539. The number of esters is 1. The van der Waals surface area contributed by atoms with Gasteiger partial charge in [0.05, 0.1) is 11.6 Å². The molecule has 0 saturated carbocycles. The number of carbonyl (C=O) groups is 2.